The normalized spacial score (nSPS) is 11.1. The van der Waals surface area contributed by atoms with Gasteiger partial charge in [0.1, 0.15) is 22.6 Å². The first-order valence-electron chi connectivity index (χ1n) is 10.7. The molecule has 35 heavy (non-hydrogen) atoms. The molecule has 3 heterocycles. The highest BCUT2D eigenvalue weighted by molar-refractivity contribution is 6.21. The molecule has 174 valence electrons. The van der Waals surface area contributed by atoms with Crippen LogP contribution in [0.15, 0.2) is 66.9 Å². The zero-order valence-electron chi connectivity index (χ0n) is 19.2. The van der Waals surface area contributed by atoms with Gasteiger partial charge in [-0.05, 0) is 36.4 Å². The highest BCUT2D eigenvalue weighted by Crippen LogP contribution is 2.34. The van der Waals surface area contributed by atoms with E-state index in [1.165, 1.54) is 21.3 Å². The third-order valence-electron chi connectivity index (χ3n) is 5.98. The number of aromatic nitrogens is 2. The summed E-state index contributed by atoms with van der Waals surface area (Å²) in [6, 6.07) is 17.5. The Morgan fingerprint density at radius 3 is 2.11 bits per heavy atom. The van der Waals surface area contributed by atoms with E-state index in [2.05, 4.69) is 4.98 Å². The van der Waals surface area contributed by atoms with Gasteiger partial charge in [-0.25, -0.2) is 9.59 Å². The lowest BCUT2D eigenvalue weighted by Gasteiger charge is -2.11. The number of hydrogen-bond donors (Lipinski definition) is 0. The first-order valence-corrected chi connectivity index (χ1v) is 10.7. The number of hydrogen-bond acceptors (Lipinski definition) is 7. The van der Waals surface area contributed by atoms with Crippen LogP contribution in [-0.2, 0) is 9.47 Å². The van der Waals surface area contributed by atoms with Crippen molar-refractivity contribution in [2.24, 2.45) is 0 Å². The molecule has 0 aliphatic heterocycles. The van der Waals surface area contributed by atoms with Crippen molar-refractivity contribution in [2.75, 3.05) is 21.3 Å². The lowest BCUT2D eigenvalue weighted by molar-refractivity contribution is 0.0556. The van der Waals surface area contributed by atoms with E-state index in [1.54, 1.807) is 40.9 Å². The van der Waals surface area contributed by atoms with Gasteiger partial charge in [0.25, 0.3) is 0 Å². The third kappa shape index (κ3) is 3.38. The van der Waals surface area contributed by atoms with E-state index >= 15 is 0 Å². The van der Waals surface area contributed by atoms with Gasteiger partial charge in [-0.2, -0.15) is 0 Å². The van der Waals surface area contributed by atoms with E-state index in [1.807, 2.05) is 30.3 Å². The number of esters is 2. The highest BCUT2D eigenvalue weighted by atomic mass is 16.5. The van der Waals surface area contributed by atoms with Crippen LogP contribution in [0.25, 0.3) is 27.3 Å². The topological polar surface area (TPSA) is 96.2 Å². The molecule has 0 saturated carbocycles. The first kappa shape index (κ1) is 22.1. The standard InChI is InChI=1S/C27H20N2O6/c1-33-18-11-8-17(9-12-18)25(30)24-21(27(32)35-3)20(26(31)34-2)19-13-10-16-7-6-15-5-4-14-28-22(15)23(16)29(19)24/h4-14H,1-3H3. The van der Waals surface area contributed by atoms with E-state index in [0.717, 1.165) is 10.8 Å². The maximum Gasteiger partial charge on any atom is 0.341 e. The van der Waals surface area contributed by atoms with Crippen molar-refractivity contribution < 1.29 is 28.6 Å². The highest BCUT2D eigenvalue weighted by Gasteiger charge is 2.34. The smallest absolute Gasteiger partial charge is 0.341 e. The second-order valence-electron chi connectivity index (χ2n) is 7.77. The molecule has 0 aliphatic carbocycles. The van der Waals surface area contributed by atoms with Gasteiger partial charge in [-0.3, -0.25) is 9.78 Å². The number of benzene rings is 2. The van der Waals surface area contributed by atoms with Crippen LogP contribution in [0.2, 0.25) is 0 Å². The molecule has 5 rings (SSSR count). The van der Waals surface area contributed by atoms with Crippen molar-refractivity contribution in [2.45, 2.75) is 0 Å². The number of fused-ring (bicyclic) bond motifs is 5. The number of methoxy groups -OCH3 is 3. The number of carbonyl (C=O) groups excluding carboxylic acids is 3. The van der Waals surface area contributed by atoms with Crippen molar-refractivity contribution in [3.8, 4) is 5.75 Å². The van der Waals surface area contributed by atoms with E-state index in [9.17, 15) is 14.4 Å². The van der Waals surface area contributed by atoms with Crippen LogP contribution in [0, 0.1) is 0 Å². The molecule has 0 atom stereocenters. The van der Waals surface area contributed by atoms with Crippen molar-refractivity contribution in [1.29, 1.82) is 0 Å². The molecular formula is C27H20N2O6. The Bertz CT molecular complexity index is 1650. The molecule has 0 bridgehead atoms. The first-order chi connectivity index (χ1) is 17.0. The van der Waals surface area contributed by atoms with Crippen molar-refractivity contribution in [1.82, 2.24) is 9.38 Å². The second kappa shape index (κ2) is 8.57. The van der Waals surface area contributed by atoms with E-state index in [0.29, 0.717) is 27.9 Å². The van der Waals surface area contributed by atoms with Crippen molar-refractivity contribution in [3.05, 3.63) is 89.2 Å². The average Bonchev–Trinajstić information content (AvgIpc) is 3.26. The summed E-state index contributed by atoms with van der Waals surface area (Å²) in [6.45, 7) is 0. The minimum absolute atomic E-state index is 0.0128. The fourth-order valence-corrected chi connectivity index (χ4v) is 4.37. The average molecular weight is 468 g/mol. The fraction of sp³-hybridized carbons (Fsp3) is 0.111. The molecule has 0 spiro atoms. The van der Waals surface area contributed by atoms with Crippen LogP contribution in [0.3, 0.4) is 0 Å². The molecular weight excluding hydrogens is 448 g/mol. The van der Waals surface area contributed by atoms with Gasteiger partial charge in [0.05, 0.1) is 37.9 Å². The summed E-state index contributed by atoms with van der Waals surface area (Å²) in [4.78, 5) is 44.5. The van der Waals surface area contributed by atoms with Crippen molar-refractivity contribution in [3.63, 3.8) is 0 Å². The minimum atomic E-state index is -0.827. The molecule has 2 aromatic carbocycles. The Hall–Kier alpha value is -4.72. The molecule has 8 nitrogen and oxygen atoms in total. The van der Waals surface area contributed by atoms with Gasteiger partial charge in [0, 0.05) is 22.5 Å². The van der Waals surface area contributed by atoms with Gasteiger partial charge in [-0.1, -0.05) is 24.3 Å². The van der Waals surface area contributed by atoms with Gasteiger partial charge in [0.2, 0.25) is 5.78 Å². The summed E-state index contributed by atoms with van der Waals surface area (Å²) >= 11 is 0. The molecule has 8 heteroatoms. The molecule has 3 aromatic heterocycles. The number of ketones is 1. The van der Waals surface area contributed by atoms with E-state index in [-0.39, 0.29) is 16.8 Å². The maximum absolute atomic E-state index is 14.0. The van der Waals surface area contributed by atoms with Crippen LogP contribution in [0.1, 0.15) is 36.8 Å². The maximum atomic E-state index is 14.0. The van der Waals surface area contributed by atoms with Gasteiger partial charge in [0.15, 0.2) is 0 Å². The Labute approximate surface area is 199 Å². The summed E-state index contributed by atoms with van der Waals surface area (Å²) in [5.41, 5.74) is 1.60. The van der Waals surface area contributed by atoms with Crippen LogP contribution >= 0.6 is 0 Å². The van der Waals surface area contributed by atoms with E-state index < -0.39 is 17.7 Å². The van der Waals surface area contributed by atoms with E-state index in [4.69, 9.17) is 14.2 Å². The zero-order chi connectivity index (χ0) is 24.7. The summed E-state index contributed by atoms with van der Waals surface area (Å²) in [7, 11) is 3.94. The van der Waals surface area contributed by atoms with Crippen LogP contribution in [0.5, 0.6) is 5.75 Å². The number of ether oxygens (including phenoxy) is 3. The third-order valence-corrected chi connectivity index (χ3v) is 5.98. The SMILES string of the molecule is COC(=O)c1c(C(=O)OC)c2ccc3ccc4cccnc4c3n2c1C(=O)c1ccc(OC)cc1. The lowest BCUT2D eigenvalue weighted by Crippen LogP contribution is -2.15. The van der Waals surface area contributed by atoms with Crippen molar-refractivity contribution >= 4 is 45.0 Å². The Balaban J connectivity index is 2.00. The van der Waals surface area contributed by atoms with Gasteiger partial charge in [-0.15, -0.1) is 0 Å². The Kier molecular flexibility index (Phi) is 5.41. The molecule has 0 saturated heterocycles. The zero-order valence-corrected chi connectivity index (χ0v) is 19.2. The summed E-state index contributed by atoms with van der Waals surface area (Å²) in [6.07, 6.45) is 1.65. The molecule has 0 unspecified atom stereocenters. The number of rotatable bonds is 5. The molecule has 0 fully saturated rings. The largest absolute Gasteiger partial charge is 0.497 e. The molecule has 0 aliphatic rings. The van der Waals surface area contributed by atoms with Gasteiger partial charge >= 0.3 is 11.9 Å². The molecule has 5 aromatic rings. The number of pyridine rings is 2. The summed E-state index contributed by atoms with van der Waals surface area (Å²) < 4.78 is 16.8. The minimum Gasteiger partial charge on any atom is -0.497 e. The van der Waals surface area contributed by atoms with Crippen LogP contribution in [0.4, 0.5) is 0 Å². The molecule has 0 radical (unpaired) electrons. The predicted molar refractivity (Wildman–Crippen MR) is 129 cm³/mol. The number of nitrogens with zero attached hydrogens (tertiary/aromatic N) is 2. The monoisotopic (exact) mass is 468 g/mol. The lowest BCUT2D eigenvalue weighted by atomic mass is 10.0. The molecule has 0 amide bonds. The van der Waals surface area contributed by atoms with Crippen LogP contribution in [-0.4, -0.2) is 48.4 Å². The molecule has 0 N–H and O–H groups in total. The van der Waals surface area contributed by atoms with Gasteiger partial charge < -0.3 is 18.6 Å². The quantitative estimate of drug-likeness (QED) is 0.214. The Morgan fingerprint density at radius 2 is 1.43 bits per heavy atom. The second-order valence-corrected chi connectivity index (χ2v) is 7.77. The Morgan fingerprint density at radius 1 is 0.771 bits per heavy atom. The summed E-state index contributed by atoms with van der Waals surface area (Å²) in [5.74, 6) is -1.49. The predicted octanol–water partition coefficient (Wildman–Crippen LogP) is 4.45. The number of carbonyl (C=O) groups is 3. The fourth-order valence-electron chi connectivity index (χ4n) is 4.37. The summed E-state index contributed by atoms with van der Waals surface area (Å²) in [5, 5.41) is 1.61. The van der Waals surface area contributed by atoms with Crippen LogP contribution < -0.4 is 4.74 Å².